The van der Waals surface area contributed by atoms with Crippen LogP contribution in [0.15, 0.2) is 18.2 Å². The number of thiol groups is 1. The van der Waals surface area contributed by atoms with Gasteiger partial charge < -0.3 is 5.11 Å². The fourth-order valence-corrected chi connectivity index (χ4v) is 1.04. The van der Waals surface area contributed by atoms with E-state index in [2.05, 4.69) is 24.5 Å². The number of carbonyl (C=O) groups is 1. The Morgan fingerprint density at radius 1 is 1.57 bits per heavy atom. The van der Waals surface area contributed by atoms with E-state index in [9.17, 15) is 9.18 Å². The fourth-order valence-electron chi connectivity index (χ4n) is 0.957. The summed E-state index contributed by atoms with van der Waals surface area (Å²) in [5.74, 6) is 3.39. The van der Waals surface area contributed by atoms with Gasteiger partial charge in [-0.05, 0) is 12.1 Å². The second-order valence-corrected chi connectivity index (χ2v) is 2.74. The minimum absolute atomic E-state index is 0.0888. The first kappa shape index (κ1) is 10.6. The Morgan fingerprint density at radius 3 is 2.86 bits per heavy atom. The molecule has 0 spiro atoms. The van der Waals surface area contributed by atoms with Gasteiger partial charge >= 0.3 is 5.97 Å². The maximum Gasteiger partial charge on any atom is 0.337 e. The lowest BCUT2D eigenvalue weighted by molar-refractivity contribution is 0.0696. The molecular formula is C10H7FO2S. The van der Waals surface area contributed by atoms with Gasteiger partial charge in [0, 0.05) is 0 Å². The first-order valence-electron chi connectivity index (χ1n) is 3.78. The number of carboxylic acid groups (broad SMARTS) is 1. The largest absolute Gasteiger partial charge is 0.478 e. The average Bonchev–Trinajstić information content (AvgIpc) is 2.15. The van der Waals surface area contributed by atoms with Gasteiger partial charge in [0.15, 0.2) is 0 Å². The van der Waals surface area contributed by atoms with E-state index in [1.165, 1.54) is 18.2 Å². The van der Waals surface area contributed by atoms with Crippen LogP contribution in [0.3, 0.4) is 0 Å². The third kappa shape index (κ3) is 2.27. The van der Waals surface area contributed by atoms with Crippen LogP contribution < -0.4 is 0 Å². The summed E-state index contributed by atoms with van der Waals surface area (Å²) >= 11 is 3.83. The molecule has 0 heterocycles. The molecule has 0 atom stereocenters. The van der Waals surface area contributed by atoms with Gasteiger partial charge in [0.25, 0.3) is 0 Å². The highest BCUT2D eigenvalue weighted by Crippen LogP contribution is 2.12. The van der Waals surface area contributed by atoms with Gasteiger partial charge in [-0.3, -0.25) is 0 Å². The number of rotatable bonds is 1. The Kier molecular flexibility index (Phi) is 3.55. The van der Waals surface area contributed by atoms with Gasteiger partial charge in [-0.15, -0.1) is 0 Å². The minimum atomic E-state index is -1.19. The smallest absolute Gasteiger partial charge is 0.337 e. The number of hydrogen-bond acceptors (Lipinski definition) is 2. The van der Waals surface area contributed by atoms with Gasteiger partial charge in [0.05, 0.1) is 16.9 Å². The summed E-state index contributed by atoms with van der Waals surface area (Å²) in [6, 6.07) is 3.83. The molecule has 0 bridgehead atoms. The highest BCUT2D eigenvalue weighted by atomic mass is 32.1. The molecule has 0 unspecified atom stereocenters. The van der Waals surface area contributed by atoms with Gasteiger partial charge in [-0.1, -0.05) is 17.9 Å². The van der Waals surface area contributed by atoms with Gasteiger partial charge in [0.2, 0.25) is 0 Å². The SMILES string of the molecule is O=C(O)c1cccc(F)c1C#CCS. The molecule has 0 saturated heterocycles. The van der Waals surface area contributed by atoms with Crippen molar-refractivity contribution >= 4 is 18.6 Å². The Morgan fingerprint density at radius 2 is 2.29 bits per heavy atom. The fraction of sp³-hybridized carbons (Fsp3) is 0.100. The molecule has 0 amide bonds. The highest BCUT2D eigenvalue weighted by Gasteiger charge is 2.11. The number of benzene rings is 1. The summed E-state index contributed by atoms with van der Waals surface area (Å²) in [4.78, 5) is 10.7. The lowest BCUT2D eigenvalue weighted by Gasteiger charge is -1.99. The molecule has 0 fully saturated rings. The molecule has 1 aromatic rings. The molecule has 0 radical (unpaired) electrons. The molecule has 1 rings (SSSR count). The second-order valence-electron chi connectivity index (χ2n) is 2.43. The monoisotopic (exact) mass is 210 g/mol. The quantitative estimate of drug-likeness (QED) is 0.548. The van der Waals surface area contributed by atoms with Crippen LogP contribution in [-0.4, -0.2) is 16.8 Å². The van der Waals surface area contributed by atoms with E-state index in [-0.39, 0.29) is 16.9 Å². The van der Waals surface area contributed by atoms with Gasteiger partial charge in [-0.2, -0.15) is 12.6 Å². The Labute approximate surface area is 86.2 Å². The van der Waals surface area contributed by atoms with E-state index < -0.39 is 11.8 Å². The lowest BCUT2D eigenvalue weighted by Crippen LogP contribution is -2.01. The zero-order chi connectivity index (χ0) is 10.6. The summed E-state index contributed by atoms with van der Waals surface area (Å²) in [5.41, 5.74) is -0.215. The zero-order valence-corrected chi connectivity index (χ0v) is 8.01. The van der Waals surface area contributed by atoms with Crippen LogP contribution in [0.5, 0.6) is 0 Å². The average molecular weight is 210 g/mol. The molecule has 0 aliphatic rings. The first-order chi connectivity index (χ1) is 6.66. The molecule has 14 heavy (non-hydrogen) atoms. The van der Waals surface area contributed by atoms with Crippen LogP contribution in [0, 0.1) is 17.7 Å². The van der Waals surface area contributed by atoms with E-state index in [0.717, 1.165) is 0 Å². The maximum atomic E-state index is 13.1. The van der Waals surface area contributed by atoms with Crippen molar-refractivity contribution in [2.75, 3.05) is 5.75 Å². The van der Waals surface area contributed by atoms with Crippen molar-refractivity contribution in [1.82, 2.24) is 0 Å². The molecular weight excluding hydrogens is 203 g/mol. The van der Waals surface area contributed by atoms with Crippen LogP contribution in [0.25, 0.3) is 0 Å². The van der Waals surface area contributed by atoms with Crippen LogP contribution in [0.4, 0.5) is 4.39 Å². The standard InChI is InChI=1S/C10H7FO2S/c11-9-5-1-3-8(10(12)13)7(9)4-2-6-14/h1,3,5,14H,6H2,(H,12,13). The maximum absolute atomic E-state index is 13.1. The second kappa shape index (κ2) is 4.68. The van der Waals surface area contributed by atoms with Gasteiger partial charge in [-0.25, -0.2) is 9.18 Å². The Balaban J connectivity index is 3.29. The van der Waals surface area contributed by atoms with Crippen molar-refractivity contribution in [3.05, 3.63) is 35.1 Å². The molecule has 0 aliphatic heterocycles. The molecule has 1 N–H and O–H groups in total. The Bertz CT molecular complexity index is 418. The zero-order valence-electron chi connectivity index (χ0n) is 7.12. The van der Waals surface area contributed by atoms with E-state index in [1.807, 2.05) is 0 Å². The summed E-state index contributed by atoms with van der Waals surface area (Å²) in [6.07, 6.45) is 0. The van der Waals surface area contributed by atoms with Gasteiger partial charge in [0.1, 0.15) is 5.82 Å². The van der Waals surface area contributed by atoms with Crippen LogP contribution in [-0.2, 0) is 0 Å². The highest BCUT2D eigenvalue weighted by molar-refractivity contribution is 7.80. The first-order valence-corrected chi connectivity index (χ1v) is 4.41. The predicted octanol–water partition coefficient (Wildman–Crippen LogP) is 1.81. The topological polar surface area (TPSA) is 37.3 Å². The predicted molar refractivity (Wildman–Crippen MR) is 54.1 cm³/mol. The van der Waals surface area contributed by atoms with Crippen molar-refractivity contribution in [3.63, 3.8) is 0 Å². The third-order valence-electron chi connectivity index (χ3n) is 1.54. The lowest BCUT2D eigenvalue weighted by atomic mass is 10.1. The molecule has 4 heteroatoms. The van der Waals surface area contributed by atoms with Crippen LogP contribution in [0.1, 0.15) is 15.9 Å². The molecule has 0 aromatic heterocycles. The molecule has 72 valence electrons. The number of hydrogen-bond donors (Lipinski definition) is 2. The number of halogens is 1. The van der Waals surface area contributed by atoms with Crippen molar-refractivity contribution in [3.8, 4) is 11.8 Å². The molecule has 1 aromatic carbocycles. The van der Waals surface area contributed by atoms with E-state index in [4.69, 9.17) is 5.11 Å². The van der Waals surface area contributed by atoms with Crippen LogP contribution in [0.2, 0.25) is 0 Å². The van der Waals surface area contributed by atoms with E-state index in [0.29, 0.717) is 0 Å². The summed E-state index contributed by atoms with van der Waals surface area (Å²) in [6.45, 7) is 0. The van der Waals surface area contributed by atoms with Crippen molar-refractivity contribution in [2.24, 2.45) is 0 Å². The molecule has 2 nitrogen and oxygen atoms in total. The van der Waals surface area contributed by atoms with Crippen LogP contribution >= 0.6 is 12.6 Å². The van der Waals surface area contributed by atoms with E-state index >= 15 is 0 Å². The third-order valence-corrected chi connectivity index (χ3v) is 1.69. The summed E-state index contributed by atoms with van der Waals surface area (Å²) < 4.78 is 13.1. The van der Waals surface area contributed by atoms with Crippen molar-refractivity contribution < 1.29 is 14.3 Å². The number of aromatic carboxylic acids is 1. The molecule has 0 aliphatic carbocycles. The Hall–Kier alpha value is -1.47. The summed E-state index contributed by atoms with van der Waals surface area (Å²) in [5, 5.41) is 8.74. The normalized spacial score (nSPS) is 9.00. The van der Waals surface area contributed by atoms with E-state index in [1.54, 1.807) is 0 Å². The van der Waals surface area contributed by atoms with Crippen molar-refractivity contribution in [1.29, 1.82) is 0 Å². The summed E-state index contributed by atoms with van der Waals surface area (Å²) in [7, 11) is 0. The molecule has 0 saturated carbocycles. The number of carboxylic acids is 1. The minimum Gasteiger partial charge on any atom is -0.478 e. The van der Waals surface area contributed by atoms with Crippen molar-refractivity contribution in [2.45, 2.75) is 0 Å².